The van der Waals surface area contributed by atoms with Crippen LogP contribution in [0.2, 0.25) is 0 Å². The van der Waals surface area contributed by atoms with Crippen LogP contribution in [0.1, 0.15) is 44.6 Å². The van der Waals surface area contributed by atoms with Gasteiger partial charge in [-0.25, -0.2) is 0 Å². The van der Waals surface area contributed by atoms with E-state index in [0.717, 1.165) is 12.1 Å². The zero-order chi connectivity index (χ0) is 13.4. The molecule has 0 unspecified atom stereocenters. The lowest BCUT2D eigenvalue weighted by molar-refractivity contribution is 0.629. The predicted octanol–water partition coefficient (Wildman–Crippen LogP) is 3.73. The van der Waals surface area contributed by atoms with Crippen molar-refractivity contribution in [3.63, 3.8) is 0 Å². The molecule has 1 aromatic rings. The van der Waals surface area contributed by atoms with Gasteiger partial charge in [-0.2, -0.15) is 0 Å². The number of anilines is 1. The van der Waals surface area contributed by atoms with Crippen molar-refractivity contribution in [2.24, 2.45) is 5.73 Å². The summed E-state index contributed by atoms with van der Waals surface area (Å²) in [5.41, 5.74) is 7.79. The summed E-state index contributed by atoms with van der Waals surface area (Å²) >= 11 is 5.00. The maximum absolute atomic E-state index is 5.65. The van der Waals surface area contributed by atoms with E-state index in [1.807, 2.05) is 12.1 Å². The van der Waals surface area contributed by atoms with Crippen LogP contribution in [0.5, 0.6) is 0 Å². The van der Waals surface area contributed by atoms with E-state index in [0.29, 0.717) is 4.99 Å². The average Bonchev–Trinajstić information content (AvgIpc) is 2.38. The van der Waals surface area contributed by atoms with Crippen molar-refractivity contribution in [3.8, 4) is 0 Å². The van der Waals surface area contributed by atoms with E-state index in [2.05, 4.69) is 31.0 Å². The van der Waals surface area contributed by atoms with Gasteiger partial charge in [0.2, 0.25) is 0 Å². The molecule has 2 N–H and O–H groups in total. The first kappa shape index (κ1) is 15.0. The standard InChI is InChI=1S/C15H24N2S/c1-3-4-5-6-7-11-17(2)14-10-8-9-13(12-14)15(16)18/h8-10,12H,3-7,11H2,1-2H3,(H2,16,18). The van der Waals surface area contributed by atoms with Crippen LogP contribution in [0.15, 0.2) is 24.3 Å². The number of nitrogens with two attached hydrogens (primary N) is 1. The molecular weight excluding hydrogens is 240 g/mol. The van der Waals surface area contributed by atoms with Crippen molar-refractivity contribution < 1.29 is 0 Å². The molecule has 2 nitrogen and oxygen atoms in total. The maximum atomic E-state index is 5.65. The van der Waals surface area contributed by atoms with E-state index in [-0.39, 0.29) is 0 Å². The summed E-state index contributed by atoms with van der Waals surface area (Å²) in [6.07, 6.45) is 6.55. The molecule has 0 amide bonds. The van der Waals surface area contributed by atoms with Crippen molar-refractivity contribution in [3.05, 3.63) is 29.8 Å². The fraction of sp³-hybridized carbons (Fsp3) is 0.533. The lowest BCUT2D eigenvalue weighted by atomic mass is 10.1. The highest BCUT2D eigenvalue weighted by molar-refractivity contribution is 7.80. The molecule has 0 heterocycles. The Balaban J connectivity index is 2.43. The summed E-state index contributed by atoms with van der Waals surface area (Å²) in [4.78, 5) is 2.74. The van der Waals surface area contributed by atoms with Crippen LogP contribution in [0.4, 0.5) is 5.69 Å². The molecular formula is C15H24N2S. The van der Waals surface area contributed by atoms with Crippen molar-refractivity contribution in [2.45, 2.75) is 39.0 Å². The average molecular weight is 264 g/mol. The van der Waals surface area contributed by atoms with Gasteiger partial charge >= 0.3 is 0 Å². The summed E-state index contributed by atoms with van der Waals surface area (Å²) in [7, 11) is 2.12. The Labute approximate surface area is 116 Å². The van der Waals surface area contributed by atoms with Crippen LogP contribution >= 0.6 is 12.2 Å². The van der Waals surface area contributed by atoms with Crippen LogP contribution in [-0.4, -0.2) is 18.6 Å². The van der Waals surface area contributed by atoms with Crippen molar-refractivity contribution in [2.75, 3.05) is 18.5 Å². The van der Waals surface area contributed by atoms with Gasteiger partial charge < -0.3 is 10.6 Å². The van der Waals surface area contributed by atoms with Gasteiger partial charge in [-0.1, -0.05) is 57.0 Å². The van der Waals surface area contributed by atoms with E-state index >= 15 is 0 Å². The molecule has 0 fully saturated rings. The first-order chi connectivity index (χ1) is 8.65. The van der Waals surface area contributed by atoms with Crippen LogP contribution < -0.4 is 10.6 Å². The third-order valence-electron chi connectivity index (χ3n) is 3.17. The number of rotatable bonds is 8. The smallest absolute Gasteiger partial charge is 0.104 e. The predicted molar refractivity (Wildman–Crippen MR) is 84.4 cm³/mol. The lowest BCUT2D eigenvalue weighted by Crippen LogP contribution is -2.19. The Kier molecular flexibility index (Phi) is 6.73. The van der Waals surface area contributed by atoms with Gasteiger partial charge in [0.25, 0.3) is 0 Å². The topological polar surface area (TPSA) is 29.3 Å². The van der Waals surface area contributed by atoms with Gasteiger partial charge in [0.1, 0.15) is 4.99 Å². The fourth-order valence-electron chi connectivity index (χ4n) is 1.98. The first-order valence-corrected chi connectivity index (χ1v) is 7.17. The molecule has 1 rings (SSSR count). The van der Waals surface area contributed by atoms with Crippen molar-refractivity contribution >= 4 is 22.9 Å². The van der Waals surface area contributed by atoms with Gasteiger partial charge in [0, 0.05) is 24.8 Å². The molecule has 3 heteroatoms. The highest BCUT2D eigenvalue weighted by atomic mass is 32.1. The third-order valence-corrected chi connectivity index (χ3v) is 3.40. The van der Waals surface area contributed by atoms with E-state index in [4.69, 9.17) is 18.0 Å². The minimum absolute atomic E-state index is 0.466. The minimum atomic E-state index is 0.466. The number of benzene rings is 1. The molecule has 0 saturated heterocycles. The van der Waals surface area contributed by atoms with Gasteiger partial charge in [0.15, 0.2) is 0 Å². The molecule has 0 aliphatic heterocycles. The zero-order valence-electron chi connectivity index (χ0n) is 11.5. The summed E-state index contributed by atoms with van der Waals surface area (Å²) in [6, 6.07) is 8.14. The molecule has 100 valence electrons. The van der Waals surface area contributed by atoms with Crippen LogP contribution in [0, 0.1) is 0 Å². The van der Waals surface area contributed by atoms with E-state index in [9.17, 15) is 0 Å². The molecule has 0 atom stereocenters. The van der Waals surface area contributed by atoms with Crippen molar-refractivity contribution in [1.82, 2.24) is 0 Å². The Bertz CT molecular complexity index is 377. The third kappa shape index (κ3) is 5.05. The van der Waals surface area contributed by atoms with Crippen molar-refractivity contribution in [1.29, 1.82) is 0 Å². The quantitative estimate of drug-likeness (QED) is 0.573. The van der Waals surface area contributed by atoms with Gasteiger partial charge in [-0.15, -0.1) is 0 Å². The number of hydrogen-bond donors (Lipinski definition) is 1. The van der Waals surface area contributed by atoms with Gasteiger partial charge in [-0.05, 0) is 18.6 Å². The fourth-order valence-corrected chi connectivity index (χ4v) is 2.11. The number of unbranched alkanes of at least 4 members (excludes halogenated alkanes) is 4. The van der Waals surface area contributed by atoms with Gasteiger partial charge in [-0.3, -0.25) is 0 Å². The summed E-state index contributed by atoms with van der Waals surface area (Å²) in [6.45, 7) is 3.33. The Morgan fingerprint density at radius 1 is 1.22 bits per heavy atom. The number of nitrogens with zero attached hydrogens (tertiary/aromatic N) is 1. The van der Waals surface area contributed by atoms with Gasteiger partial charge in [0.05, 0.1) is 0 Å². The Morgan fingerprint density at radius 3 is 2.61 bits per heavy atom. The SMILES string of the molecule is CCCCCCCN(C)c1cccc(C(N)=S)c1. The Morgan fingerprint density at radius 2 is 1.94 bits per heavy atom. The normalized spacial score (nSPS) is 10.3. The minimum Gasteiger partial charge on any atom is -0.389 e. The highest BCUT2D eigenvalue weighted by Gasteiger charge is 2.03. The van der Waals surface area contributed by atoms with E-state index in [1.54, 1.807) is 0 Å². The molecule has 1 aromatic carbocycles. The zero-order valence-corrected chi connectivity index (χ0v) is 12.3. The summed E-state index contributed by atoms with van der Waals surface area (Å²) < 4.78 is 0. The number of hydrogen-bond acceptors (Lipinski definition) is 2. The van der Waals surface area contributed by atoms with E-state index in [1.165, 1.54) is 37.8 Å². The molecule has 0 aromatic heterocycles. The molecule has 0 radical (unpaired) electrons. The van der Waals surface area contributed by atoms with E-state index < -0.39 is 0 Å². The molecule has 0 aliphatic rings. The summed E-state index contributed by atoms with van der Waals surface area (Å²) in [5.74, 6) is 0. The largest absolute Gasteiger partial charge is 0.389 e. The molecule has 18 heavy (non-hydrogen) atoms. The molecule has 0 bridgehead atoms. The monoisotopic (exact) mass is 264 g/mol. The van der Waals surface area contributed by atoms with Crippen LogP contribution in [0.25, 0.3) is 0 Å². The van der Waals surface area contributed by atoms with Crippen LogP contribution in [-0.2, 0) is 0 Å². The molecule has 0 saturated carbocycles. The lowest BCUT2D eigenvalue weighted by Gasteiger charge is -2.19. The second-order valence-corrected chi connectivity index (χ2v) is 5.19. The maximum Gasteiger partial charge on any atom is 0.104 e. The first-order valence-electron chi connectivity index (χ1n) is 6.76. The second-order valence-electron chi connectivity index (χ2n) is 4.75. The number of thiocarbonyl (C=S) groups is 1. The highest BCUT2D eigenvalue weighted by Crippen LogP contribution is 2.16. The Hall–Kier alpha value is -1.09. The molecule has 0 spiro atoms. The summed E-state index contributed by atoms with van der Waals surface area (Å²) in [5, 5.41) is 0. The second kappa shape index (κ2) is 8.09. The van der Waals surface area contributed by atoms with Crippen LogP contribution in [0.3, 0.4) is 0 Å². The molecule has 0 aliphatic carbocycles.